The molecule has 0 fully saturated rings. The summed E-state index contributed by atoms with van der Waals surface area (Å²) in [5.74, 6) is 0.605. The first-order chi connectivity index (χ1) is 7.77. The zero-order valence-electron chi connectivity index (χ0n) is 8.88. The minimum Gasteiger partial charge on any atom is -0.467 e. The summed E-state index contributed by atoms with van der Waals surface area (Å²) in [7, 11) is 0. The molecule has 2 aromatic rings. The van der Waals surface area contributed by atoms with Crippen molar-refractivity contribution >= 4 is 5.91 Å². The van der Waals surface area contributed by atoms with E-state index in [1.54, 1.807) is 36.9 Å². The molecule has 1 amide bonds. The van der Waals surface area contributed by atoms with Crippen molar-refractivity contribution in [3.63, 3.8) is 0 Å². The largest absolute Gasteiger partial charge is 0.467 e. The summed E-state index contributed by atoms with van der Waals surface area (Å²) in [6.45, 7) is 1.87. The van der Waals surface area contributed by atoms with Crippen LogP contribution in [0, 0.1) is 0 Å². The number of hydrogen-bond donors (Lipinski definition) is 1. The molecule has 0 aromatic carbocycles. The zero-order chi connectivity index (χ0) is 11.4. The van der Waals surface area contributed by atoms with Crippen molar-refractivity contribution in [2.24, 2.45) is 0 Å². The highest BCUT2D eigenvalue weighted by Gasteiger charge is 2.12. The monoisotopic (exact) mass is 216 g/mol. The van der Waals surface area contributed by atoms with E-state index in [2.05, 4.69) is 10.3 Å². The number of carbonyl (C=O) groups excluding carboxylic acids is 1. The van der Waals surface area contributed by atoms with Crippen molar-refractivity contribution in [3.8, 4) is 0 Å². The molecule has 0 spiro atoms. The van der Waals surface area contributed by atoms with Crippen LogP contribution in [0.25, 0.3) is 0 Å². The van der Waals surface area contributed by atoms with Gasteiger partial charge in [-0.05, 0) is 31.2 Å². The van der Waals surface area contributed by atoms with Gasteiger partial charge in [0.2, 0.25) is 0 Å². The van der Waals surface area contributed by atoms with E-state index in [0.29, 0.717) is 5.56 Å². The smallest absolute Gasteiger partial charge is 0.251 e. The lowest BCUT2D eigenvalue weighted by atomic mass is 10.2. The maximum atomic E-state index is 11.8. The Labute approximate surface area is 93.3 Å². The minimum atomic E-state index is -0.143. The SMILES string of the molecule is CC(NC(=O)c1ccncc1)c1ccco1. The van der Waals surface area contributed by atoms with Crippen LogP contribution in [-0.4, -0.2) is 10.9 Å². The van der Waals surface area contributed by atoms with E-state index in [0.717, 1.165) is 5.76 Å². The Morgan fingerprint density at radius 1 is 1.38 bits per heavy atom. The van der Waals surface area contributed by atoms with Gasteiger partial charge in [-0.2, -0.15) is 0 Å². The van der Waals surface area contributed by atoms with E-state index in [9.17, 15) is 4.79 Å². The summed E-state index contributed by atoms with van der Waals surface area (Å²) in [5.41, 5.74) is 0.591. The van der Waals surface area contributed by atoms with E-state index >= 15 is 0 Å². The van der Waals surface area contributed by atoms with Gasteiger partial charge in [0.25, 0.3) is 5.91 Å². The van der Waals surface area contributed by atoms with Gasteiger partial charge in [0.15, 0.2) is 0 Å². The van der Waals surface area contributed by atoms with Crippen LogP contribution in [0.15, 0.2) is 47.3 Å². The number of nitrogens with one attached hydrogen (secondary N) is 1. The summed E-state index contributed by atoms with van der Waals surface area (Å²) in [6.07, 6.45) is 4.77. The first-order valence-corrected chi connectivity index (χ1v) is 5.01. The van der Waals surface area contributed by atoms with E-state index in [-0.39, 0.29) is 11.9 Å². The van der Waals surface area contributed by atoms with Crippen molar-refractivity contribution in [2.75, 3.05) is 0 Å². The fourth-order valence-electron chi connectivity index (χ4n) is 1.39. The molecular weight excluding hydrogens is 204 g/mol. The third-order valence-electron chi connectivity index (χ3n) is 2.26. The fourth-order valence-corrected chi connectivity index (χ4v) is 1.39. The molecule has 0 radical (unpaired) electrons. The summed E-state index contributed by atoms with van der Waals surface area (Å²) in [4.78, 5) is 15.6. The Morgan fingerprint density at radius 2 is 2.12 bits per heavy atom. The van der Waals surface area contributed by atoms with Gasteiger partial charge in [0, 0.05) is 18.0 Å². The second-order valence-electron chi connectivity index (χ2n) is 3.45. The van der Waals surface area contributed by atoms with Crippen LogP contribution in [0.3, 0.4) is 0 Å². The average Bonchev–Trinajstić information content (AvgIpc) is 2.83. The zero-order valence-corrected chi connectivity index (χ0v) is 8.88. The third-order valence-corrected chi connectivity index (χ3v) is 2.26. The molecule has 0 aliphatic rings. The molecule has 1 N–H and O–H groups in total. The number of pyridine rings is 1. The lowest BCUT2D eigenvalue weighted by Crippen LogP contribution is -2.26. The van der Waals surface area contributed by atoms with Crippen LogP contribution in [0.1, 0.15) is 29.1 Å². The van der Waals surface area contributed by atoms with Crippen LogP contribution in [-0.2, 0) is 0 Å². The summed E-state index contributed by atoms with van der Waals surface area (Å²) in [6, 6.07) is 6.83. The standard InChI is InChI=1S/C12H12N2O2/c1-9(11-3-2-8-16-11)14-12(15)10-4-6-13-7-5-10/h2-9H,1H3,(H,14,15). The van der Waals surface area contributed by atoms with Gasteiger partial charge in [-0.3, -0.25) is 9.78 Å². The van der Waals surface area contributed by atoms with Crippen LogP contribution in [0.4, 0.5) is 0 Å². The molecule has 4 heteroatoms. The van der Waals surface area contributed by atoms with Gasteiger partial charge in [-0.25, -0.2) is 0 Å². The number of hydrogen-bond acceptors (Lipinski definition) is 3. The topological polar surface area (TPSA) is 55.1 Å². The predicted octanol–water partition coefficient (Wildman–Crippen LogP) is 2.17. The molecular formula is C12H12N2O2. The maximum Gasteiger partial charge on any atom is 0.251 e. The molecule has 0 aliphatic heterocycles. The molecule has 1 atom stereocenters. The van der Waals surface area contributed by atoms with Gasteiger partial charge in [-0.1, -0.05) is 0 Å². The molecule has 2 aromatic heterocycles. The highest BCUT2D eigenvalue weighted by Crippen LogP contribution is 2.12. The Hall–Kier alpha value is -2.10. The van der Waals surface area contributed by atoms with Crippen molar-refractivity contribution < 1.29 is 9.21 Å². The van der Waals surface area contributed by atoms with Gasteiger partial charge in [0.05, 0.1) is 12.3 Å². The number of amides is 1. The van der Waals surface area contributed by atoms with Crippen LogP contribution < -0.4 is 5.32 Å². The van der Waals surface area contributed by atoms with Crippen LogP contribution in [0.2, 0.25) is 0 Å². The fraction of sp³-hybridized carbons (Fsp3) is 0.167. The van der Waals surface area contributed by atoms with E-state index < -0.39 is 0 Å². The predicted molar refractivity (Wildman–Crippen MR) is 58.8 cm³/mol. The first kappa shape index (κ1) is 10.4. The van der Waals surface area contributed by atoms with Gasteiger partial charge in [-0.15, -0.1) is 0 Å². The van der Waals surface area contributed by atoms with Gasteiger partial charge < -0.3 is 9.73 Å². The van der Waals surface area contributed by atoms with Crippen molar-refractivity contribution in [2.45, 2.75) is 13.0 Å². The maximum absolute atomic E-state index is 11.8. The van der Waals surface area contributed by atoms with Crippen LogP contribution in [0.5, 0.6) is 0 Å². The lowest BCUT2D eigenvalue weighted by molar-refractivity contribution is 0.0935. The van der Waals surface area contributed by atoms with E-state index in [1.165, 1.54) is 0 Å². The molecule has 2 heterocycles. The first-order valence-electron chi connectivity index (χ1n) is 5.01. The van der Waals surface area contributed by atoms with Crippen molar-refractivity contribution in [1.29, 1.82) is 0 Å². The number of carbonyl (C=O) groups is 1. The normalized spacial score (nSPS) is 12.1. The average molecular weight is 216 g/mol. The van der Waals surface area contributed by atoms with Crippen molar-refractivity contribution in [3.05, 3.63) is 54.2 Å². The highest BCUT2D eigenvalue weighted by atomic mass is 16.3. The molecule has 0 saturated heterocycles. The summed E-state index contributed by atoms with van der Waals surface area (Å²) < 4.78 is 5.20. The number of aromatic nitrogens is 1. The quantitative estimate of drug-likeness (QED) is 0.855. The Morgan fingerprint density at radius 3 is 2.75 bits per heavy atom. The molecule has 16 heavy (non-hydrogen) atoms. The molecule has 0 aliphatic carbocycles. The van der Waals surface area contributed by atoms with Crippen LogP contribution >= 0.6 is 0 Å². The molecule has 2 rings (SSSR count). The molecule has 82 valence electrons. The van der Waals surface area contributed by atoms with E-state index in [4.69, 9.17) is 4.42 Å². The van der Waals surface area contributed by atoms with E-state index in [1.807, 2.05) is 13.0 Å². The molecule has 0 bridgehead atoms. The Balaban J connectivity index is 2.03. The summed E-state index contributed by atoms with van der Waals surface area (Å²) in [5, 5.41) is 2.84. The van der Waals surface area contributed by atoms with Gasteiger partial charge >= 0.3 is 0 Å². The molecule has 1 unspecified atom stereocenters. The molecule has 4 nitrogen and oxygen atoms in total. The minimum absolute atomic E-state index is 0.133. The Bertz CT molecular complexity index is 451. The van der Waals surface area contributed by atoms with Gasteiger partial charge in [0.1, 0.15) is 5.76 Å². The van der Waals surface area contributed by atoms with Crippen molar-refractivity contribution in [1.82, 2.24) is 10.3 Å². The third kappa shape index (κ3) is 2.28. The second kappa shape index (κ2) is 4.61. The second-order valence-corrected chi connectivity index (χ2v) is 3.45. The number of furan rings is 1. The highest BCUT2D eigenvalue weighted by molar-refractivity contribution is 5.94. The summed E-state index contributed by atoms with van der Waals surface area (Å²) >= 11 is 0. The number of rotatable bonds is 3. The lowest BCUT2D eigenvalue weighted by Gasteiger charge is -2.10. The number of nitrogens with zero attached hydrogens (tertiary/aromatic N) is 1. The molecule has 0 saturated carbocycles. The Kier molecular flexibility index (Phi) is 3.00.